The van der Waals surface area contributed by atoms with Gasteiger partial charge in [-0.1, -0.05) is 27.2 Å². The number of hydrogen-bond acceptors (Lipinski definition) is 1. The van der Waals surface area contributed by atoms with E-state index in [1.807, 2.05) is 0 Å². The first kappa shape index (κ1) is 12.0. The van der Waals surface area contributed by atoms with Gasteiger partial charge in [0.2, 0.25) is 5.85 Å². The van der Waals surface area contributed by atoms with Crippen LogP contribution in [0.3, 0.4) is 0 Å². The Labute approximate surface area is 84.1 Å². The zero-order valence-corrected chi connectivity index (χ0v) is 9.87. The predicted molar refractivity (Wildman–Crippen MR) is 51.0 cm³/mol. The van der Waals surface area contributed by atoms with Crippen LogP contribution in [0.15, 0.2) is 0 Å². The maximum absolute atomic E-state index is 14.2. The fourth-order valence-corrected chi connectivity index (χ4v) is 3.65. The molecule has 0 bridgehead atoms. The summed E-state index contributed by atoms with van der Waals surface area (Å²) in [5.74, 6) is -2.13. The Morgan fingerprint density at radius 1 is 1.36 bits per heavy atom. The lowest BCUT2D eigenvalue weighted by atomic mass is 9.79. The fourth-order valence-electron chi connectivity index (χ4n) is 1.78. The largest absolute Gasteiger partial charge is 0.580 e. The van der Waals surface area contributed by atoms with Crippen molar-refractivity contribution in [3.8, 4) is 0 Å². The Balaban J connectivity index is 2.86. The van der Waals surface area contributed by atoms with Gasteiger partial charge in [0.1, 0.15) is 0 Å². The first-order valence-corrected chi connectivity index (χ1v) is 6.86. The summed E-state index contributed by atoms with van der Waals surface area (Å²) in [4.78, 5) is 0. The molecular weight excluding hydrogens is 209 g/mol. The van der Waals surface area contributed by atoms with Crippen molar-refractivity contribution in [3.63, 3.8) is 0 Å². The number of halogens is 3. The van der Waals surface area contributed by atoms with Crippen LogP contribution in [0.2, 0.25) is 6.04 Å². The monoisotopic (exact) mass is 226 g/mol. The van der Waals surface area contributed by atoms with Gasteiger partial charge in [0, 0.05) is 17.9 Å². The van der Waals surface area contributed by atoms with Gasteiger partial charge in [0.05, 0.1) is 0 Å². The second kappa shape index (κ2) is 3.52. The average molecular weight is 226 g/mol. The zero-order valence-electron chi connectivity index (χ0n) is 8.87. The van der Waals surface area contributed by atoms with Crippen molar-refractivity contribution in [1.82, 2.24) is 0 Å². The molecule has 14 heavy (non-hydrogen) atoms. The predicted octanol–water partition coefficient (Wildman–Crippen LogP) is 3.78. The van der Waals surface area contributed by atoms with Crippen LogP contribution in [0.1, 0.15) is 40.0 Å². The molecule has 0 aromatic rings. The molecule has 1 atom stereocenters. The number of rotatable bonds is 2. The molecule has 1 fully saturated rings. The minimum Gasteiger partial charge on any atom is -0.333 e. The summed E-state index contributed by atoms with van der Waals surface area (Å²) in [6.07, 6.45) is 0.787. The number of hydrogen-bond donors (Lipinski definition) is 0. The summed E-state index contributed by atoms with van der Waals surface area (Å²) >= 11 is 0. The first-order valence-electron chi connectivity index (χ1n) is 4.99. The highest BCUT2D eigenvalue weighted by atomic mass is 28.4. The van der Waals surface area contributed by atoms with Gasteiger partial charge in [-0.25, -0.2) is 12.6 Å². The Bertz CT molecular complexity index is 220. The summed E-state index contributed by atoms with van der Waals surface area (Å²) in [5, 5.41) is 0. The standard InChI is InChI=1S/C9H17F3OSi/c1-4-5-9(10)8(2,3)6-7-14(11,12)13-9/h4-7H2,1-3H3. The normalized spacial score (nSPS) is 35.6. The van der Waals surface area contributed by atoms with E-state index in [4.69, 9.17) is 0 Å². The third-order valence-electron chi connectivity index (χ3n) is 2.93. The minimum absolute atomic E-state index is 0.0581. The van der Waals surface area contributed by atoms with Gasteiger partial charge < -0.3 is 4.43 Å². The van der Waals surface area contributed by atoms with Crippen LogP contribution in [0.5, 0.6) is 0 Å². The van der Waals surface area contributed by atoms with E-state index in [-0.39, 0.29) is 18.9 Å². The molecule has 1 heterocycles. The minimum atomic E-state index is -4.73. The van der Waals surface area contributed by atoms with Crippen molar-refractivity contribution < 1.29 is 17.0 Å². The molecule has 0 spiro atoms. The van der Waals surface area contributed by atoms with E-state index in [2.05, 4.69) is 4.43 Å². The summed E-state index contributed by atoms with van der Waals surface area (Å²) in [5.41, 5.74) is -0.794. The molecule has 1 unspecified atom stereocenters. The van der Waals surface area contributed by atoms with Gasteiger partial charge in [0.25, 0.3) is 0 Å². The van der Waals surface area contributed by atoms with E-state index in [0.29, 0.717) is 6.42 Å². The third kappa shape index (κ3) is 2.13. The topological polar surface area (TPSA) is 9.23 Å². The second-order valence-corrected chi connectivity index (χ2v) is 6.58. The Kier molecular flexibility index (Phi) is 3.03. The molecule has 0 saturated carbocycles. The molecule has 0 aromatic carbocycles. The van der Waals surface area contributed by atoms with Crippen molar-refractivity contribution in [3.05, 3.63) is 0 Å². The molecule has 1 saturated heterocycles. The van der Waals surface area contributed by atoms with Crippen LogP contribution in [0.25, 0.3) is 0 Å². The van der Waals surface area contributed by atoms with E-state index in [1.54, 1.807) is 20.8 Å². The maximum atomic E-state index is 14.2. The molecule has 1 nitrogen and oxygen atoms in total. The van der Waals surface area contributed by atoms with Crippen molar-refractivity contribution in [2.24, 2.45) is 5.41 Å². The Morgan fingerprint density at radius 2 is 1.93 bits per heavy atom. The molecule has 0 aromatic heterocycles. The molecule has 84 valence electrons. The molecule has 1 aliphatic heterocycles. The van der Waals surface area contributed by atoms with Gasteiger partial charge in [-0.2, -0.15) is 0 Å². The van der Waals surface area contributed by atoms with Crippen molar-refractivity contribution in [2.75, 3.05) is 0 Å². The Hall–Kier alpha value is -0.0331. The van der Waals surface area contributed by atoms with Crippen molar-refractivity contribution in [1.29, 1.82) is 0 Å². The SMILES string of the molecule is CCCC1(F)O[Si](F)(F)CCC1(C)C. The quantitative estimate of drug-likeness (QED) is 0.514. The summed E-state index contributed by atoms with van der Waals surface area (Å²) in [6.45, 7) is 5.09. The van der Waals surface area contributed by atoms with Crippen LogP contribution in [-0.2, 0) is 4.43 Å². The zero-order chi connectivity index (χ0) is 11.0. The van der Waals surface area contributed by atoms with Gasteiger partial charge >= 0.3 is 8.99 Å². The van der Waals surface area contributed by atoms with Gasteiger partial charge in [0.15, 0.2) is 0 Å². The van der Waals surface area contributed by atoms with E-state index < -0.39 is 20.3 Å². The summed E-state index contributed by atoms with van der Waals surface area (Å²) in [6, 6.07) is -0.255. The van der Waals surface area contributed by atoms with E-state index in [0.717, 1.165) is 0 Å². The highest BCUT2D eigenvalue weighted by Gasteiger charge is 2.59. The van der Waals surface area contributed by atoms with E-state index in [1.165, 1.54) is 0 Å². The van der Waals surface area contributed by atoms with Crippen LogP contribution in [-0.4, -0.2) is 14.8 Å². The molecule has 1 rings (SSSR count). The highest BCUT2D eigenvalue weighted by molar-refractivity contribution is 6.59. The van der Waals surface area contributed by atoms with Gasteiger partial charge in [-0.3, -0.25) is 0 Å². The molecule has 0 amide bonds. The van der Waals surface area contributed by atoms with Gasteiger partial charge in [-0.05, 0) is 6.42 Å². The van der Waals surface area contributed by atoms with E-state index in [9.17, 15) is 12.6 Å². The molecule has 0 radical (unpaired) electrons. The van der Waals surface area contributed by atoms with Crippen molar-refractivity contribution in [2.45, 2.75) is 51.9 Å². The lowest BCUT2D eigenvalue weighted by molar-refractivity contribution is -0.191. The maximum Gasteiger partial charge on any atom is 0.580 e. The van der Waals surface area contributed by atoms with Crippen LogP contribution < -0.4 is 0 Å². The molecule has 0 aliphatic carbocycles. The molecule has 1 aliphatic rings. The summed E-state index contributed by atoms with van der Waals surface area (Å²) < 4.78 is 44.7. The fraction of sp³-hybridized carbons (Fsp3) is 1.00. The molecule has 0 N–H and O–H groups in total. The average Bonchev–Trinajstić information content (AvgIpc) is 1.98. The van der Waals surface area contributed by atoms with Gasteiger partial charge in [-0.15, -0.1) is 0 Å². The van der Waals surface area contributed by atoms with E-state index >= 15 is 0 Å². The third-order valence-corrected chi connectivity index (χ3v) is 4.39. The lowest BCUT2D eigenvalue weighted by Crippen LogP contribution is -2.54. The first-order chi connectivity index (χ1) is 6.22. The van der Waals surface area contributed by atoms with Crippen molar-refractivity contribution >= 4 is 8.99 Å². The Morgan fingerprint density at radius 3 is 2.43 bits per heavy atom. The smallest absolute Gasteiger partial charge is 0.333 e. The van der Waals surface area contributed by atoms with Crippen LogP contribution in [0.4, 0.5) is 12.6 Å². The highest BCUT2D eigenvalue weighted by Crippen LogP contribution is 2.50. The lowest BCUT2D eigenvalue weighted by Gasteiger charge is -2.45. The second-order valence-electron chi connectivity index (χ2n) is 4.60. The van der Waals surface area contributed by atoms with Crippen LogP contribution in [0, 0.1) is 5.41 Å². The molecule has 5 heteroatoms. The summed E-state index contributed by atoms with van der Waals surface area (Å²) in [7, 11) is -4.73. The number of alkyl halides is 1. The molecular formula is C9H17F3OSi. The van der Waals surface area contributed by atoms with Crippen LogP contribution >= 0.6 is 0 Å².